The van der Waals surface area contributed by atoms with Gasteiger partial charge in [-0.2, -0.15) is 0 Å². The Kier molecular flexibility index (Phi) is 13.7. The molecule has 128 valence electrons. The summed E-state index contributed by atoms with van der Waals surface area (Å²) < 4.78 is 10.2. The largest absolute Gasteiger partial charge is 0.465 e. The number of unbranched alkanes of at least 4 members (excludes halogenated alkanes) is 5. The summed E-state index contributed by atoms with van der Waals surface area (Å²) in [6.45, 7) is 7.98. The van der Waals surface area contributed by atoms with Crippen LogP contribution in [0.4, 0.5) is 0 Å². The number of carbonyl (C=O) groups excluding carboxylic acids is 2. The number of ether oxygens (including phenoxy) is 2. The zero-order valence-electron chi connectivity index (χ0n) is 14.3. The van der Waals surface area contributed by atoms with Gasteiger partial charge in [0.1, 0.15) is 0 Å². The van der Waals surface area contributed by atoms with Crippen molar-refractivity contribution in [2.75, 3.05) is 6.61 Å². The smallest absolute Gasteiger partial charge is 0.306 e. The molecule has 0 N–H and O–H groups in total. The number of rotatable bonds is 14. The van der Waals surface area contributed by atoms with Gasteiger partial charge in [-0.1, -0.05) is 45.1 Å². The van der Waals surface area contributed by atoms with E-state index in [1.54, 1.807) is 6.08 Å². The van der Waals surface area contributed by atoms with E-state index in [0.29, 0.717) is 13.0 Å². The molecule has 0 aromatic heterocycles. The molecule has 0 radical (unpaired) electrons. The lowest BCUT2D eigenvalue weighted by molar-refractivity contribution is -0.153. The van der Waals surface area contributed by atoms with Crippen LogP contribution in [0.2, 0.25) is 0 Å². The van der Waals surface area contributed by atoms with E-state index < -0.39 is 0 Å². The molecule has 0 amide bonds. The van der Waals surface area contributed by atoms with Gasteiger partial charge in [-0.3, -0.25) is 9.59 Å². The van der Waals surface area contributed by atoms with Crippen molar-refractivity contribution in [1.29, 1.82) is 0 Å². The first-order valence-corrected chi connectivity index (χ1v) is 8.56. The van der Waals surface area contributed by atoms with Crippen molar-refractivity contribution >= 4 is 11.9 Å². The van der Waals surface area contributed by atoms with E-state index in [1.165, 1.54) is 32.1 Å². The molecule has 0 aliphatic carbocycles. The van der Waals surface area contributed by atoms with E-state index in [4.69, 9.17) is 9.47 Å². The molecule has 0 spiro atoms. The highest BCUT2D eigenvalue weighted by molar-refractivity contribution is 5.77. The van der Waals surface area contributed by atoms with E-state index in [0.717, 1.165) is 12.8 Å². The molecule has 4 nitrogen and oxygen atoms in total. The fraction of sp³-hybridized carbons (Fsp3) is 0.778. The lowest BCUT2D eigenvalue weighted by Gasteiger charge is -2.13. The third-order valence-electron chi connectivity index (χ3n) is 3.42. The van der Waals surface area contributed by atoms with Crippen molar-refractivity contribution in [3.63, 3.8) is 0 Å². The molecule has 0 bridgehead atoms. The van der Waals surface area contributed by atoms with Crippen LogP contribution in [0, 0.1) is 0 Å². The SMILES string of the molecule is C=CCCOC(=O)CCC(=O)OC(C)CCCCCCCC. The summed E-state index contributed by atoms with van der Waals surface area (Å²) in [4.78, 5) is 23.0. The molecule has 1 unspecified atom stereocenters. The topological polar surface area (TPSA) is 52.6 Å². The molecular weight excluding hydrogens is 280 g/mol. The lowest BCUT2D eigenvalue weighted by Crippen LogP contribution is -2.16. The minimum absolute atomic E-state index is 0.0736. The van der Waals surface area contributed by atoms with E-state index in [1.807, 2.05) is 6.92 Å². The van der Waals surface area contributed by atoms with Gasteiger partial charge in [0, 0.05) is 0 Å². The molecule has 0 saturated carbocycles. The van der Waals surface area contributed by atoms with Crippen LogP contribution in [0.5, 0.6) is 0 Å². The second kappa shape index (κ2) is 14.6. The van der Waals surface area contributed by atoms with Crippen molar-refractivity contribution in [3.05, 3.63) is 12.7 Å². The van der Waals surface area contributed by atoms with Crippen molar-refractivity contribution in [2.24, 2.45) is 0 Å². The van der Waals surface area contributed by atoms with Gasteiger partial charge in [-0.05, 0) is 26.2 Å². The predicted octanol–water partition coefficient (Wildman–Crippen LogP) is 4.57. The van der Waals surface area contributed by atoms with Gasteiger partial charge < -0.3 is 9.47 Å². The highest BCUT2D eigenvalue weighted by Gasteiger charge is 2.12. The fourth-order valence-corrected chi connectivity index (χ4v) is 2.09. The summed E-state index contributed by atoms with van der Waals surface area (Å²) in [6, 6.07) is 0. The van der Waals surface area contributed by atoms with Gasteiger partial charge in [-0.15, -0.1) is 6.58 Å². The number of hydrogen-bond acceptors (Lipinski definition) is 4. The Bertz CT molecular complexity index is 312. The van der Waals surface area contributed by atoms with E-state index in [-0.39, 0.29) is 30.9 Å². The minimum Gasteiger partial charge on any atom is -0.465 e. The van der Waals surface area contributed by atoms with Crippen LogP contribution in [0.1, 0.15) is 78.1 Å². The fourth-order valence-electron chi connectivity index (χ4n) is 2.09. The molecule has 0 heterocycles. The van der Waals surface area contributed by atoms with E-state index >= 15 is 0 Å². The number of carbonyl (C=O) groups is 2. The first kappa shape index (κ1) is 20.7. The summed E-state index contributed by atoms with van der Waals surface area (Å²) in [6.07, 6.45) is 10.7. The normalized spacial score (nSPS) is 11.7. The highest BCUT2D eigenvalue weighted by Crippen LogP contribution is 2.11. The quantitative estimate of drug-likeness (QED) is 0.268. The van der Waals surface area contributed by atoms with Crippen LogP contribution in [0.15, 0.2) is 12.7 Å². The number of esters is 2. The molecule has 4 heteroatoms. The molecular formula is C18H32O4. The predicted molar refractivity (Wildman–Crippen MR) is 88.6 cm³/mol. The van der Waals surface area contributed by atoms with E-state index in [2.05, 4.69) is 13.5 Å². The summed E-state index contributed by atoms with van der Waals surface area (Å²) in [5.41, 5.74) is 0. The summed E-state index contributed by atoms with van der Waals surface area (Å²) in [5.74, 6) is -0.679. The highest BCUT2D eigenvalue weighted by atomic mass is 16.5. The van der Waals surface area contributed by atoms with Crippen molar-refractivity contribution in [2.45, 2.75) is 84.2 Å². The van der Waals surface area contributed by atoms with Crippen LogP contribution < -0.4 is 0 Å². The Morgan fingerprint density at radius 1 is 1.05 bits per heavy atom. The first-order valence-electron chi connectivity index (χ1n) is 8.56. The van der Waals surface area contributed by atoms with Gasteiger partial charge in [0.05, 0.1) is 25.6 Å². The molecule has 0 aromatic rings. The lowest BCUT2D eigenvalue weighted by atomic mass is 10.1. The molecule has 0 aliphatic rings. The third-order valence-corrected chi connectivity index (χ3v) is 3.42. The maximum Gasteiger partial charge on any atom is 0.306 e. The second-order valence-electron chi connectivity index (χ2n) is 5.65. The van der Waals surface area contributed by atoms with Crippen molar-refractivity contribution in [1.82, 2.24) is 0 Å². The monoisotopic (exact) mass is 312 g/mol. The Hall–Kier alpha value is -1.32. The average molecular weight is 312 g/mol. The third kappa shape index (κ3) is 13.7. The Morgan fingerprint density at radius 3 is 2.36 bits per heavy atom. The van der Waals surface area contributed by atoms with Crippen LogP contribution in [-0.2, 0) is 19.1 Å². The second-order valence-corrected chi connectivity index (χ2v) is 5.65. The van der Waals surface area contributed by atoms with Crippen LogP contribution >= 0.6 is 0 Å². The summed E-state index contributed by atoms with van der Waals surface area (Å²) in [7, 11) is 0. The Labute approximate surface area is 135 Å². The zero-order chi connectivity index (χ0) is 16.6. The first-order chi connectivity index (χ1) is 10.6. The van der Waals surface area contributed by atoms with Gasteiger partial charge in [0.25, 0.3) is 0 Å². The number of hydrogen-bond donors (Lipinski definition) is 0. The summed E-state index contributed by atoms with van der Waals surface area (Å²) >= 11 is 0. The van der Waals surface area contributed by atoms with E-state index in [9.17, 15) is 9.59 Å². The molecule has 1 atom stereocenters. The van der Waals surface area contributed by atoms with Gasteiger partial charge >= 0.3 is 11.9 Å². The molecule has 0 saturated heterocycles. The molecule has 0 fully saturated rings. The van der Waals surface area contributed by atoms with Gasteiger partial charge in [0.2, 0.25) is 0 Å². The molecule has 22 heavy (non-hydrogen) atoms. The minimum atomic E-state index is -0.359. The van der Waals surface area contributed by atoms with Crippen LogP contribution in [0.3, 0.4) is 0 Å². The zero-order valence-corrected chi connectivity index (χ0v) is 14.3. The Balaban J connectivity index is 3.56. The van der Waals surface area contributed by atoms with Crippen molar-refractivity contribution in [3.8, 4) is 0 Å². The van der Waals surface area contributed by atoms with Gasteiger partial charge in [0.15, 0.2) is 0 Å². The maximum atomic E-state index is 11.6. The summed E-state index contributed by atoms with van der Waals surface area (Å²) in [5, 5.41) is 0. The van der Waals surface area contributed by atoms with Gasteiger partial charge in [-0.25, -0.2) is 0 Å². The molecule has 0 aliphatic heterocycles. The van der Waals surface area contributed by atoms with Crippen LogP contribution in [0.25, 0.3) is 0 Å². The molecule has 0 rings (SSSR count). The van der Waals surface area contributed by atoms with Crippen LogP contribution in [-0.4, -0.2) is 24.6 Å². The molecule has 0 aromatic carbocycles. The van der Waals surface area contributed by atoms with Crippen molar-refractivity contribution < 1.29 is 19.1 Å². The standard InChI is InChI=1S/C18H32O4/c1-4-6-8-9-10-11-12-16(3)22-18(20)14-13-17(19)21-15-7-5-2/h5,16H,2,4,6-15H2,1,3H3. The maximum absolute atomic E-state index is 11.6. The average Bonchev–Trinajstić information content (AvgIpc) is 2.49. The Morgan fingerprint density at radius 2 is 1.68 bits per heavy atom.